The van der Waals surface area contributed by atoms with Crippen LogP contribution in [0.15, 0.2) is 12.4 Å². The van der Waals surface area contributed by atoms with Gasteiger partial charge < -0.3 is 0 Å². The molecule has 1 aromatic rings. The predicted octanol–water partition coefficient (Wildman–Crippen LogP) is 3.74. The number of hydrogen-bond acceptors (Lipinski definition) is 5. The number of piperazine rings is 1. The van der Waals surface area contributed by atoms with Gasteiger partial charge in [-0.2, -0.15) is 0 Å². The van der Waals surface area contributed by atoms with E-state index in [4.69, 9.17) is 9.97 Å². The van der Waals surface area contributed by atoms with Crippen molar-refractivity contribution < 1.29 is 4.79 Å². The number of Topliss-reactive ketones (excluding diaryl/α,β-unsaturated/α-hetero) is 1. The van der Waals surface area contributed by atoms with Crippen LogP contribution >= 0.6 is 0 Å². The molecular formula is C24H36N4O. The van der Waals surface area contributed by atoms with Crippen molar-refractivity contribution in [2.45, 2.75) is 95.8 Å². The lowest BCUT2D eigenvalue weighted by atomic mass is 9.62. The maximum absolute atomic E-state index is 12.3. The first kappa shape index (κ1) is 19.6. The zero-order chi connectivity index (χ0) is 20.3. The molecule has 158 valence electrons. The molecule has 4 heterocycles. The van der Waals surface area contributed by atoms with E-state index >= 15 is 0 Å². The number of carbonyl (C=O) groups excluding carboxylic acids is 1. The third-order valence-corrected chi connectivity index (χ3v) is 8.31. The molecule has 5 nitrogen and oxygen atoms in total. The monoisotopic (exact) mass is 396 g/mol. The second-order valence-corrected chi connectivity index (χ2v) is 10.6. The maximum Gasteiger partial charge on any atom is 0.148 e. The number of hydrogen-bond donors (Lipinski definition) is 0. The molecule has 0 spiro atoms. The first-order chi connectivity index (χ1) is 13.9. The van der Waals surface area contributed by atoms with Gasteiger partial charge in [-0.25, -0.2) is 9.97 Å². The van der Waals surface area contributed by atoms with Gasteiger partial charge in [0, 0.05) is 55.4 Å². The summed E-state index contributed by atoms with van der Waals surface area (Å²) in [4.78, 5) is 27.4. The van der Waals surface area contributed by atoms with Crippen molar-refractivity contribution in [1.82, 2.24) is 19.8 Å². The molecule has 1 aliphatic carbocycles. The van der Waals surface area contributed by atoms with Crippen molar-refractivity contribution in [2.75, 3.05) is 13.1 Å². The molecule has 5 heteroatoms. The number of likely N-dealkylation sites (tertiary alicyclic amines) is 1. The van der Waals surface area contributed by atoms with Gasteiger partial charge in [0.05, 0.1) is 5.54 Å². The SMILES string of the molecule is CC(C)C(=O)C1CCC(c2cnc(C34CC5CN(C(C)C)CC(C3)N54)nc2)CC1. The van der Waals surface area contributed by atoms with E-state index in [-0.39, 0.29) is 17.4 Å². The number of carbonyl (C=O) groups is 1. The largest absolute Gasteiger partial charge is 0.299 e. The molecular weight excluding hydrogens is 360 g/mol. The number of aromatic nitrogens is 2. The fourth-order valence-corrected chi connectivity index (χ4v) is 6.66. The van der Waals surface area contributed by atoms with E-state index in [0.29, 0.717) is 29.8 Å². The quantitative estimate of drug-likeness (QED) is 0.759. The molecule has 29 heavy (non-hydrogen) atoms. The first-order valence-electron chi connectivity index (χ1n) is 11.8. The second-order valence-electron chi connectivity index (χ2n) is 10.6. The lowest BCUT2D eigenvalue weighted by Gasteiger charge is -2.73. The molecule has 3 saturated heterocycles. The average Bonchev–Trinajstić information content (AvgIpc) is 2.68. The topological polar surface area (TPSA) is 49.3 Å². The van der Waals surface area contributed by atoms with Gasteiger partial charge in [0.15, 0.2) is 0 Å². The molecule has 0 radical (unpaired) electrons. The minimum atomic E-state index is 0.137. The normalized spacial score (nSPS) is 37.2. The van der Waals surface area contributed by atoms with E-state index < -0.39 is 0 Å². The lowest BCUT2D eigenvalue weighted by molar-refractivity contribution is -0.245. The predicted molar refractivity (Wildman–Crippen MR) is 114 cm³/mol. The van der Waals surface area contributed by atoms with E-state index in [2.05, 4.69) is 36.0 Å². The van der Waals surface area contributed by atoms with Gasteiger partial charge in [-0.05, 0) is 63.9 Å². The Morgan fingerprint density at radius 3 is 2.10 bits per heavy atom. The molecule has 4 fully saturated rings. The van der Waals surface area contributed by atoms with Gasteiger partial charge >= 0.3 is 0 Å². The van der Waals surface area contributed by atoms with Crippen LogP contribution < -0.4 is 0 Å². The minimum Gasteiger partial charge on any atom is -0.299 e. The van der Waals surface area contributed by atoms with Crippen molar-refractivity contribution in [3.05, 3.63) is 23.8 Å². The highest BCUT2D eigenvalue weighted by molar-refractivity contribution is 5.82. The van der Waals surface area contributed by atoms with Crippen LogP contribution in [0.4, 0.5) is 0 Å². The molecule has 1 saturated carbocycles. The molecule has 0 aromatic carbocycles. The standard InChI is InChI=1S/C24H36N4O/c1-15(2)22(29)18-7-5-17(6-8-18)19-11-25-23(26-12-19)24-9-20-13-27(16(3)4)14-21(10-24)28(20)24/h11-12,15-18,20-21H,5-10,13-14H2,1-4H3. The molecule has 0 N–H and O–H groups in total. The highest BCUT2D eigenvalue weighted by Crippen LogP contribution is 2.59. The number of nitrogens with zero attached hydrogens (tertiary/aromatic N) is 4. The van der Waals surface area contributed by atoms with E-state index in [0.717, 1.165) is 31.5 Å². The van der Waals surface area contributed by atoms with E-state index in [1.54, 1.807) is 0 Å². The summed E-state index contributed by atoms with van der Waals surface area (Å²) >= 11 is 0. The zero-order valence-corrected chi connectivity index (χ0v) is 18.5. The third kappa shape index (κ3) is 3.07. The summed E-state index contributed by atoms with van der Waals surface area (Å²) in [7, 11) is 0. The van der Waals surface area contributed by atoms with Crippen LogP contribution in [0.25, 0.3) is 0 Å². The van der Waals surface area contributed by atoms with Crippen molar-refractivity contribution in [3.63, 3.8) is 0 Å². The Kier molecular flexibility index (Phi) is 4.82. The summed E-state index contributed by atoms with van der Waals surface area (Å²) in [6, 6.07) is 2.04. The first-order valence-corrected chi connectivity index (χ1v) is 11.8. The van der Waals surface area contributed by atoms with Crippen LogP contribution in [0.5, 0.6) is 0 Å². The summed E-state index contributed by atoms with van der Waals surface area (Å²) in [5.41, 5.74) is 1.41. The highest BCUT2D eigenvalue weighted by Gasteiger charge is 2.67. The molecule has 0 amide bonds. The summed E-state index contributed by atoms with van der Waals surface area (Å²) in [5, 5.41) is 0. The lowest BCUT2D eigenvalue weighted by Crippen LogP contribution is -2.83. The smallest absolute Gasteiger partial charge is 0.148 e. The van der Waals surface area contributed by atoms with Crippen molar-refractivity contribution in [1.29, 1.82) is 0 Å². The Morgan fingerprint density at radius 2 is 1.59 bits per heavy atom. The van der Waals surface area contributed by atoms with Crippen molar-refractivity contribution in [3.8, 4) is 0 Å². The van der Waals surface area contributed by atoms with E-state index in [9.17, 15) is 4.79 Å². The third-order valence-electron chi connectivity index (χ3n) is 8.31. The summed E-state index contributed by atoms with van der Waals surface area (Å²) in [5.74, 6) is 2.46. The molecule has 5 rings (SSSR count). The molecule has 1 aromatic heterocycles. The highest BCUT2D eigenvalue weighted by atomic mass is 16.1. The van der Waals surface area contributed by atoms with Gasteiger partial charge in [-0.15, -0.1) is 0 Å². The average molecular weight is 397 g/mol. The molecule has 4 aliphatic rings. The Labute approximate surface area is 175 Å². The number of piperidine rings is 1. The van der Waals surface area contributed by atoms with Crippen molar-refractivity contribution in [2.24, 2.45) is 11.8 Å². The van der Waals surface area contributed by atoms with E-state index in [1.165, 1.54) is 31.5 Å². The molecule has 0 bridgehead atoms. The second kappa shape index (κ2) is 7.12. The Morgan fingerprint density at radius 1 is 1.00 bits per heavy atom. The minimum absolute atomic E-state index is 0.137. The molecule has 2 unspecified atom stereocenters. The van der Waals surface area contributed by atoms with Crippen LogP contribution in [0.2, 0.25) is 0 Å². The zero-order valence-electron chi connectivity index (χ0n) is 18.5. The van der Waals surface area contributed by atoms with Gasteiger partial charge in [-0.1, -0.05) is 13.8 Å². The number of ketones is 1. The molecule has 3 aliphatic heterocycles. The summed E-state index contributed by atoms with van der Waals surface area (Å²) < 4.78 is 0. The molecule has 2 atom stereocenters. The van der Waals surface area contributed by atoms with Crippen LogP contribution in [-0.2, 0) is 10.3 Å². The van der Waals surface area contributed by atoms with Crippen LogP contribution in [0.1, 0.15) is 83.5 Å². The van der Waals surface area contributed by atoms with Gasteiger partial charge in [0.1, 0.15) is 11.6 Å². The van der Waals surface area contributed by atoms with Crippen LogP contribution in [0.3, 0.4) is 0 Å². The summed E-state index contributed by atoms with van der Waals surface area (Å²) in [6.45, 7) is 11.1. The Balaban J connectivity index is 1.21. The Hall–Kier alpha value is -1.33. The van der Waals surface area contributed by atoms with Gasteiger partial charge in [-0.3, -0.25) is 14.6 Å². The number of rotatable bonds is 5. The fourth-order valence-electron chi connectivity index (χ4n) is 6.66. The summed E-state index contributed by atoms with van der Waals surface area (Å²) in [6.07, 6.45) is 10.9. The maximum atomic E-state index is 12.3. The Bertz CT molecular complexity index is 750. The van der Waals surface area contributed by atoms with Crippen LogP contribution in [-0.4, -0.2) is 56.8 Å². The van der Waals surface area contributed by atoms with Crippen molar-refractivity contribution >= 4 is 5.78 Å². The van der Waals surface area contributed by atoms with Gasteiger partial charge in [0.25, 0.3) is 0 Å². The van der Waals surface area contributed by atoms with Gasteiger partial charge in [0.2, 0.25) is 0 Å². The van der Waals surface area contributed by atoms with E-state index in [1.807, 2.05) is 13.8 Å². The van der Waals surface area contributed by atoms with Crippen LogP contribution in [0, 0.1) is 11.8 Å². The fraction of sp³-hybridized carbons (Fsp3) is 0.792.